The molecule has 1 atom stereocenters. The SMILES string of the molecule is Cc1sc(CNC(C)c2ccc3c(c2)CCCC3)cc1Br. The van der Waals surface area contributed by atoms with E-state index in [2.05, 4.69) is 59.4 Å². The van der Waals surface area contributed by atoms with Gasteiger partial charge in [-0.3, -0.25) is 0 Å². The van der Waals surface area contributed by atoms with E-state index in [-0.39, 0.29) is 0 Å². The Morgan fingerprint density at radius 1 is 1.19 bits per heavy atom. The van der Waals surface area contributed by atoms with Crippen molar-refractivity contribution in [1.29, 1.82) is 0 Å². The molecular formula is C18H22BrNS. The molecule has 3 rings (SSSR count). The monoisotopic (exact) mass is 363 g/mol. The molecule has 1 aliphatic carbocycles. The van der Waals surface area contributed by atoms with Gasteiger partial charge in [0.2, 0.25) is 0 Å². The van der Waals surface area contributed by atoms with Gasteiger partial charge < -0.3 is 5.32 Å². The molecule has 0 saturated carbocycles. The third-order valence-corrected chi connectivity index (χ3v) is 6.50. The molecule has 1 unspecified atom stereocenters. The van der Waals surface area contributed by atoms with E-state index in [1.54, 1.807) is 11.1 Å². The quantitative estimate of drug-likeness (QED) is 0.750. The van der Waals surface area contributed by atoms with Crippen molar-refractivity contribution in [3.8, 4) is 0 Å². The molecule has 0 aliphatic heterocycles. The third kappa shape index (κ3) is 3.58. The number of halogens is 1. The van der Waals surface area contributed by atoms with Crippen LogP contribution in [0.15, 0.2) is 28.7 Å². The summed E-state index contributed by atoms with van der Waals surface area (Å²) in [7, 11) is 0. The van der Waals surface area contributed by atoms with E-state index < -0.39 is 0 Å². The maximum absolute atomic E-state index is 3.65. The summed E-state index contributed by atoms with van der Waals surface area (Å²) in [5, 5.41) is 3.65. The lowest BCUT2D eigenvalue weighted by molar-refractivity contribution is 0.576. The minimum Gasteiger partial charge on any atom is -0.305 e. The first-order valence-electron chi connectivity index (χ1n) is 7.73. The second-order valence-electron chi connectivity index (χ2n) is 5.95. The van der Waals surface area contributed by atoms with Gasteiger partial charge in [0.15, 0.2) is 0 Å². The molecule has 1 nitrogen and oxygen atoms in total. The van der Waals surface area contributed by atoms with Crippen LogP contribution < -0.4 is 5.32 Å². The van der Waals surface area contributed by atoms with Crippen molar-refractivity contribution in [3.63, 3.8) is 0 Å². The molecule has 0 spiro atoms. The van der Waals surface area contributed by atoms with Gasteiger partial charge in [-0.15, -0.1) is 11.3 Å². The highest BCUT2D eigenvalue weighted by Crippen LogP contribution is 2.28. The number of thiophene rings is 1. The lowest BCUT2D eigenvalue weighted by Gasteiger charge is -2.20. The summed E-state index contributed by atoms with van der Waals surface area (Å²) in [5.74, 6) is 0. The predicted octanol–water partition coefficient (Wildman–Crippen LogP) is 5.55. The first-order chi connectivity index (χ1) is 10.1. The van der Waals surface area contributed by atoms with E-state index in [1.807, 2.05) is 11.3 Å². The molecule has 21 heavy (non-hydrogen) atoms. The minimum atomic E-state index is 0.401. The molecule has 1 aromatic carbocycles. The molecule has 0 bridgehead atoms. The van der Waals surface area contributed by atoms with Crippen LogP contribution >= 0.6 is 27.3 Å². The maximum atomic E-state index is 3.65. The molecule has 0 fully saturated rings. The number of aryl methyl sites for hydroxylation is 3. The number of benzene rings is 1. The Morgan fingerprint density at radius 2 is 1.95 bits per heavy atom. The molecular weight excluding hydrogens is 342 g/mol. The summed E-state index contributed by atoms with van der Waals surface area (Å²) < 4.78 is 1.23. The van der Waals surface area contributed by atoms with Crippen LogP contribution in [-0.4, -0.2) is 0 Å². The molecule has 1 heterocycles. The number of hydrogen-bond donors (Lipinski definition) is 1. The molecule has 0 saturated heterocycles. The number of nitrogens with one attached hydrogen (secondary N) is 1. The Labute approximate surface area is 139 Å². The summed E-state index contributed by atoms with van der Waals surface area (Å²) in [4.78, 5) is 2.75. The molecule has 0 radical (unpaired) electrons. The van der Waals surface area contributed by atoms with Crippen LogP contribution in [0.1, 0.15) is 52.3 Å². The van der Waals surface area contributed by atoms with Gasteiger partial charge in [0, 0.05) is 26.8 Å². The van der Waals surface area contributed by atoms with Gasteiger partial charge in [-0.25, -0.2) is 0 Å². The van der Waals surface area contributed by atoms with Crippen molar-refractivity contribution in [2.24, 2.45) is 0 Å². The third-order valence-electron chi connectivity index (χ3n) is 4.36. The second-order valence-corrected chi connectivity index (χ2v) is 8.15. The zero-order valence-electron chi connectivity index (χ0n) is 12.7. The van der Waals surface area contributed by atoms with Gasteiger partial charge in [0.1, 0.15) is 0 Å². The highest BCUT2D eigenvalue weighted by Gasteiger charge is 2.12. The summed E-state index contributed by atoms with van der Waals surface area (Å²) in [6, 6.07) is 9.69. The second kappa shape index (κ2) is 6.64. The lowest BCUT2D eigenvalue weighted by Crippen LogP contribution is -2.18. The highest BCUT2D eigenvalue weighted by atomic mass is 79.9. The summed E-state index contributed by atoms with van der Waals surface area (Å²) in [6.45, 7) is 5.36. The van der Waals surface area contributed by atoms with E-state index in [4.69, 9.17) is 0 Å². The van der Waals surface area contributed by atoms with Crippen molar-refractivity contribution in [3.05, 3.63) is 55.2 Å². The van der Waals surface area contributed by atoms with Gasteiger partial charge in [-0.2, -0.15) is 0 Å². The molecule has 1 aromatic heterocycles. The van der Waals surface area contributed by atoms with Crippen molar-refractivity contribution in [1.82, 2.24) is 5.32 Å². The van der Waals surface area contributed by atoms with Gasteiger partial charge in [-0.05, 0) is 78.2 Å². The van der Waals surface area contributed by atoms with E-state index in [0.29, 0.717) is 6.04 Å². The first-order valence-corrected chi connectivity index (χ1v) is 9.34. The fraction of sp³-hybridized carbons (Fsp3) is 0.444. The van der Waals surface area contributed by atoms with Crippen LogP contribution in [0.25, 0.3) is 0 Å². The summed E-state index contributed by atoms with van der Waals surface area (Å²) >= 11 is 5.46. The standard InChI is InChI=1S/C18H22BrNS/c1-12(20-11-17-10-18(19)13(2)21-17)15-8-7-14-5-3-4-6-16(14)9-15/h7-10,12,20H,3-6,11H2,1-2H3. The summed E-state index contributed by atoms with van der Waals surface area (Å²) in [5.41, 5.74) is 4.56. The number of hydrogen-bond acceptors (Lipinski definition) is 2. The zero-order chi connectivity index (χ0) is 14.8. The maximum Gasteiger partial charge on any atom is 0.0314 e. The minimum absolute atomic E-state index is 0.401. The Hall–Kier alpha value is -0.640. The largest absolute Gasteiger partial charge is 0.305 e. The van der Waals surface area contributed by atoms with Gasteiger partial charge in [-0.1, -0.05) is 18.2 Å². The Balaban J connectivity index is 1.66. The zero-order valence-corrected chi connectivity index (χ0v) is 15.1. The van der Waals surface area contributed by atoms with Crippen LogP contribution in [0, 0.1) is 6.92 Å². The molecule has 1 N–H and O–H groups in total. The van der Waals surface area contributed by atoms with Crippen molar-refractivity contribution in [2.45, 2.75) is 52.1 Å². The number of fused-ring (bicyclic) bond motifs is 1. The van der Waals surface area contributed by atoms with E-state index >= 15 is 0 Å². The Kier molecular flexibility index (Phi) is 4.82. The molecule has 1 aliphatic rings. The van der Waals surface area contributed by atoms with Crippen LogP contribution in [0.3, 0.4) is 0 Å². The van der Waals surface area contributed by atoms with E-state index in [0.717, 1.165) is 6.54 Å². The average Bonchev–Trinajstić information content (AvgIpc) is 2.83. The molecule has 112 valence electrons. The predicted molar refractivity (Wildman–Crippen MR) is 95.1 cm³/mol. The molecule has 2 aromatic rings. The van der Waals surface area contributed by atoms with Crippen molar-refractivity contribution >= 4 is 27.3 Å². The van der Waals surface area contributed by atoms with Gasteiger partial charge in [0.25, 0.3) is 0 Å². The van der Waals surface area contributed by atoms with Crippen molar-refractivity contribution in [2.75, 3.05) is 0 Å². The Bertz CT molecular complexity index is 613. The van der Waals surface area contributed by atoms with Crippen molar-refractivity contribution < 1.29 is 0 Å². The summed E-state index contributed by atoms with van der Waals surface area (Å²) in [6.07, 6.45) is 5.22. The van der Waals surface area contributed by atoms with E-state index in [9.17, 15) is 0 Å². The van der Waals surface area contributed by atoms with Crippen LogP contribution in [0.5, 0.6) is 0 Å². The first kappa shape index (κ1) is 15.3. The molecule has 0 amide bonds. The lowest BCUT2D eigenvalue weighted by atomic mass is 9.89. The Morgan fingerprint density at radius 3 is 2.67 bits per heavy atom. The van der Waals surface area contributed by atoms with Gasteiger partial charge >= 0.3 is 0 Å². The fourth-order valence-electron chi connectivity index (χ4n) is 3.00. The highest BCUT2D eigenvalue weighted by molar-refractivity contribution is 9.10. The van der Waals surface area contributed by atoms with Gasteiger partial charge in [0.05, 0.1) is 0 Å². The fourth-order valence-corrected chi connectivity index (χ4v) is 4.55. The topological polar surface area (TPSA) is 12.0 Å². The molecule has 3 heteroatoms. The number of rotatable bonds is 4. The van der Waals surface area contributed by atoms with E-state index in [1.165, 1.54) is 45.5 Å². The van der Waals surface area contributed by atoms with Crippen LogP contribution in [0.4, 0.5) is 0 Å². The smallest absolute Gasteiger partial charge is 0.0314 e. The average molecular weight is 364 g/mol. The normalized spacial score (nSPS) is 15.8. The van der Waals surface area contributed by atoms with Crippen LogP contribution in [0.2, 0.25) is 0 Å². The van der Waals surface area contributed by atoms with Crippen LogP contribution in [-0.2, 0) is 19.4 Å².